The van der Waals surface area contributed by atoms with Gasteiger partial charge >= 0.3 is 18.2 Å². The summed E-state index contributed by atoms with van der Waals surface area (Å²) in [6, 6.07) is 19.1. The van der Waals surface area contributed by atoms with Crippen LogP contribution in [0.3, 0.4) is 0 Å². The number of carboxylic acid groups (broad SMARTS) is 1. The fraction of sp³-hybridized carbons (Fsp3) is 0.500. The summed E-state index contributed by atoms with van der Waals surface area (Å²) in [6.07, 6.45) is 4.23. The van der Waals surface area contributed by atoms with E-state index in [0.29, 0.717) is 32.5 Å². The lowest BCUT2D eigenvalue weighted by molar-refractivity contribution is -0.143. The van der Waals surface area contributed by atoms with Crippen LogP contribution in [0.2, 0.25) is 6.82 Å². The van der Waals surface area contributed by atoms with Crippen molar-refractivity contribution in [2.24, 2.45) is 11.8 Å². The number of carboxylic acids is 1. The molecule has 2 aliphatic rings. The number of benzene rings is 2. The predicted octanol–water partition coefficient (Wildman–Crippen LogP) is 4.90. The average molecular weight is 587 g/mol. The second kappa shape index (κ2) is 21.6. The maximum absolute atomic E-state index is 11.9. The van der Waals surface area contributed by atoms with Crippen LogP contribution in [0.4, 0.5) is 9.59 Å². The van der Waals surface area contributed by atoms with Gasteiger partial charge in [-0.15, -0.1) is 0 Å². The molecule has 41 heavy (non-hydrogen) atoms. The van der Waals surface area contributed by atoms with Gasteiger partial charge in [0, 0.05) is 32.8 Å². The summed E-state index contributed by atoms with van der Waals surface area (Å²) in [6.45, 7) is 4.30. The van der Waals surface area contributed by atoms with E-state index in [1.807, 2.05) is 60.7 Å². The van der Waals surface area contributed by atoms with Gasteiger partial charge in [0.05, 0.1) is 13.8 Å². The maximum atomic E-state index is 11.9. The van der Waals surface area contributed by atoms with Crippen molar-refractivity contribution in [3.05, 3.63) is 71.8 Å². The minimum atomic E-state index is -0.847. The van der Waals surface area contributed by atoms with E-state index in [0.717, 1.165) is 30.5 Å². The topological polar surface area (TPSA) is 117 Å². The van der Waals surface area contributed by atoms with Crippen LogP contribution in [0, 0.1) is 11.8 Å². The lowest BCUT2D eigenvalue weighted by Crippen LogP contribution is -2.42. The SMILES string of the molecule is CS.O=C(O)[C@@H]1CCCN(C(=O)OCc2ccccc2)C1.O=C(OCc1ccccc1)N1CCC[C@@H](CO)C1.[B]C. The molecule has 2 N–H and O–H groups in total. The van der Waals surface area contributed by atoms with Gasteiger partial charge in [0.1, 0.15) is 13.2 Å². The molecule has 0 unspecified atom stereocenters. The summed E-state index contributed by atoms with van der Waals surface area (Å²) in [7, 11) is 4.50. The van der Waals surface area contributed by atoms with Gasteiger partial charge in [-0.1, -0.05) is 67.5 Å². The Balaban J connectivity index is 0.000000366. The molecular weight excluding hydrogens is 543 g/mol. The molecule has 0 aliphatic carbocycles. The van der Waals surface area contributed by atoms with E-state index in [2.05, 4.69) is 20.5 Å². The molecule has 0 aromatic heterocycles. The van der Waals surface area contributed by atoms with Gasteiger partial charge in [-0.25, -0.2) is 9.59 Å². The highest BCUT2D eigenvalue weighted by molar-refractivity contribution is 7.79. The Bertz CT molecular complexity index is 1000. The second-order valence-corrected chi connectivity index (χ2v) is 9.34. The van der Waals surface area contributed by atoms with Crippen molar-refractivity contribution in [1.82, 2.24) is 9.80 Å². The number of likely N-dealkylation sites (tertiary alicyclic amines) is 2. The highest BCUT2D eigenvalue weighted by atomic mass is 32.1. The lowest BCUT2D eigenvalue weighted by Gasteiger charge is -2.31. The van der Waals surface area contributed by atoms with E-state index in [-0.39, 0.29) is 31.8 Å². The Hall–Kier alpha value is -3.18. The van der Waals surface area contributed by atoms with Gasteiger partial charge in [0.15, 0.2) is 0 Å². The summed E-state index contributed by atoms with van der Waals surface area (Å²) in [5.74, 6) is -1.12. The number of carbonyl (C=O) groups is 3. The van der Waals surface area contributed by atoms with Gasteiger partial charge in [-0.2, -0.15) is 12.6 Å². The molecule has 0 spiro atoms. The Kier molecular flexibility index (Phi) is 18.8. The number of aliphatic hydroxyl groups is 1. The van der Waals surface area contributed by atoms with E-state index in [1.54, 1.807) is 11.2 Å². The summed E-state index contributed by atoms with van der Waals surface area (Å²) >= 11 is 3.53. The fourth-order valence-electron chi connectivity index (χ4n) is 4.35. The third-order valence-electron chi connectivity index (χ3n) is 6.47. The monoisotopic (exact) mass is 586 g/mol. The molecule has 2 aromatic rings. The Morgan fingerprint density at radius 2 is 1.24 bits per heavy atom. The number of carbonyl (C=O) groups excluding carboxylic acids is 2. The van der Waals surface area contributed by atoms with Crippen LogP contribution < -0.4 is 0 Å². The van der Waals surface area contributed by atoms with E-state index in [4.69, 9.17) is 19.7 Å². The molecule has 2 aliphatic heterocycles. The fourth-order valence-corrected chi connectivity index (χ4v) is 4.35. The number of aliphatic hydroxyl groups excluding tert-OH is 1. The number of aliphatic carboxylic acids is 1. The molecular formula is C30H43BN2O7S. The average Bonchev–Trinajstić information content (AvgIpc) is 3.05. The normalized spacial score (nSPS) is 17.7. The van der Waals surface area contributed by atoms with Crippen LogP contribution in [0.25, 0.3) is 0 Å². The van der Waals surface area contributed by atoms with E-state index in [1.165, 1.54) is 11.7 Å². The van der Waals surface area contributed by atoms with E-state index in [9.17, 15) is 14.4 Å². The number of rotatable bonds is 6. The number of ether oxygens (including phenoxy) is 2. The molecule has 0 bridgehead atoms. The molecule has 9 nitrogen and oxygen atoms in total. The zero-order chi connectivity index (χ0) is 30.5. The van der Waals surface area contributed by atoms with Crippen molar-refractivity contribution in [2.45, 2.75) is 45.7 Å². The van der Waals surface area contributed by atoms with Gasteiger partial charge in [0.2, 0.25) is 0 Å². The Labute approximate surface area is 250 Å². The highest BCUT2D eigenvalue weighted by Crippen LogP contribution is 2.18. The molecule has 2 amide bonds. The van der Waals surface area contributed by atoms with Gasteiger partial charge < -0.3 is 29.5 Å². The van der Waals surface area contributed by atoms with E-state index >= 15 is 0 Å². The molecule has 11 heteroatoms. The molecule has 2 saturated heterocycles. The quantitative estimate of drug-likeness (QED) is 0.326. The van der Waals surface area contributed by atoms with E-state index < -0.39 is 18.0 Å². The first kappa shape index (κ1) is 35.9. The van der Waals surface area contributed by atoms with Crippen LogP contribution in [0.15, 0.2) is 60.7 Å². The third-order valence-corrected chi connectivity index (χ3v) is 6.47. The molecule has 2 atom stereocenters. The zero-order valence-corrected chi connectivity index (χ0v) is 25.0. The van der Waals surface area contributed by atoms with Crippen molar-refractivity contribution in [1.29, 1.82) is 0 Å². The molecule has 2 heterocycles. The first-order valence-electron chi connectivity index (χ1n) is 13.7. The van der Waals surface area contributed by atoms with Crippen molar-refractivity contribution in [3.8, 4) is 0 Å². The smallest absolute Gasteiger partial charge is 0.410 e. The number of hydrogen-bond acceptors (Lipinski definition) is 7. The van der Waals surface area contributed by atoms with Crippen LogP contribution in [-0.2, 0) is 27.5 Å². The predicted molar refractivity (Wildman–Crippen MR) is 163 cm³/mol. The number of nitrogens with zero attached hydrogens (tertiary/aromatic N) is 2. The minimum absolute atomic E-state index is 0.141. The number of piperidine rings is 2. The van der Waals surface area contributed by atoms with Crippen LogP contribution in [-0.4, -0.2) is 85.1 Å². The maximum Gasteiger partial charge on any atom is 0.410 e. The zero-order valence-electron chi connectivity index (χ0n) is 24.1. The molecule has 0 saturated carbocycles. The Morgan fingerprint density at radius 1 is 0.805 bits per heavy atom. The first-order valence-corrected chi connectivity index (χ1v) is 14.6. The van der Waals surface area contributed by atoms with Crippen molar-refractivity contribution >= 4 is 38.6 Å². The lowest BCUT2D eigenvalue weighted by atomic mass is 9.99. The van der Waals surface area contributed by atoms with Crippen LogP contribution in [0.5, 0.6) is 0 Å². The summed E-state index contributed by atoms with van der Waals surface area (Å²) in [4.78, 5) is 37.8. The van der Waals surface area contributed by atoms with Crippen molar-refractivity contribution in [2.75, 3.05) is 39.0 Å². The van der Waals surface area contributed by atoms with Gasteiger partial charge in [-0.3, -0.25) is 4.79 Å². The standard InChI is InChI=1S/C14H17NO4.C14H19NO3.CH3B.CH4S/c16-13(17)12-7-4-8-15(9-12)14(18)19-10-11-5-2-1-3-6-11;16-10-13-7-4-8-15(9-13)14(17)18-11-12-5-2-1-3-6-12;2*1-2/h1-3,5-6,12H,4,7-10H2,(H,16,17);1-3,5-6,13,16H,4,7-11H2;1H3;2H,1H3/t12-;13-;;/m11../s1. The summed E-state index contributed by atoms with van der Waals surface area (Å²) < 4.78 is 10.5. The van der Waals surface area contributed by atoms with Crippen LogP contribution in [0.1, 0.15) is 36.8 Å². The molecule has 2 radical (unpaired) electrons. The van der Waals surface area contributed by atoms with Crippen molar-refractivity contribution < 1.29 is 34.1 Å². The molecule has 2 fully saturated rings. The summed E-state index contributed by atoms with van der Waals surface area (Å²) in [5.41, 5.74) is 1.91. The number of hydrogen-bond donors (Lipinski definition) is 3. The molecule has 4 rings (SSSR count). The Morgan fingerprint density at radius 3 is 1.68 bits per heavy atom. The largest absolute Gasteiger partial charge is 0.481 e. The summed E-state index contributed by atoms with van der Waals surface area (Å²) in [5, 5.41) is 18.1. The van der Waals surface area contributed by atoms with Crippen molar-refractivity contribution in [3.63, 3.8) is 0 Å². The molecule has 224 valence electrons. The third kappa shape index (κ3) is 13.8. The highest BCUT2D eigenvalue weighted by Gasteiger charge is 2.29. The minimum Gasteiger partial charge on any atom is -0.481 e. The van der Waals surface area contributed by atoms with Crippen LogP contribution >= 0.6 is 12.6 Å². The second-order valence-electron chi connectivity index (χ2n) is 9.34. The molecule has 2 aromatic carbocycles. The first-order chi connectivity index (χ1) is 20.0. The van der Waals surface area contributed by atoms with Gasteiger partial charge in [-0.05, 0) is 49.0 Å². The van der Waals surface area contributed by atoms with Gasteiger partial charge in [0.25, 0.3) is 0 Å². The number of thiol groups is 1. The number of amides is 2.